The minimum atomic E-state index is -0.397. The SMILES string of the molecule is CC1=C(N2CCC3(CCCCCCCCCCCCCCCCCCCCCCCCCCCCCCCCCCCCCCCCCCCCCCCCN(Cc4ccccc4)CC3)C(O)C2)COC1=O. The second-order valence-electron chi connectivity index (χ2n) is 24.2. The van der Waals surface area contributed by atoms with Crippen molar-refractivity contribution in [2.45, 2.75) is 334 Å². The molecule has 2 atom stereocenters. The van der Waals surface area contributed by atoms with E-state index in [1.807, 2.05) is 6.92 Å². The Bertz CT molecular complexity index is 1430. The van der Waals surface area contributed by atoms with Crippen LogP contribution in [0.4, 0.5) is 0 Å². The number of cyclic esters (lactones) is 1. The molecule has 0 radical (unpaired) electrons. The van der Waals surface area contributed by atoms with Crippen molar-refractivity contribution < 1.29 is 14.6 Å². The Morgan fingerprint density at radius 2 is 0.750 bits per heavy atom. The molecule has 0 amide bonds. The van der Waals surface area contributed by atoms with E-state index in [1.165, 1.54) is 301 Å². The van der Waals surface area contributed by atoms with Crippen LogP contribution in [0.2, 0.25) is 0 Å². The van der Waals surface area contributed by atoms with Gasteiger partial charge in [0.15, 0.2) is 0 Å². The number of rotatable bonds is 3. The highest BCUT2D eigenvalue weighted by atomic mass is 16.5. The van der Waals surface area contributed by atoms with Crippen molar-refractivity contribution in [1.29, 1.82) is 0 Å². The van der Waals surface area contributed by atoms with Gasteiger partial charge in [0, 0.05) is 25.0 Å². The topological polar surface area (TPSA) is 53.0 Å². The van der Waals surface area contributed by atoms with E-state index in [9.17, 15) is 9.90 Å². The third kappa shape index (κ3) is 30.0. The number of β-amino-alcohol motifs (C(OH)–C–C–N with tert-alkyl or cyclic N) is 1. The average Bonchev–Trinajstić information content (AvgIpc) is 3.73. The van der Waals surface area contributed by atoms with Gasteiger partial charge in [0.05, 0.1) is 17.4 Å². The average molecular weight is 1000 g/mol. The minimum Gasteiger partial charge on any atom is -0.456 e. The van der Waals surface area contributed by atoms with Gasteiger partial charge < -0.3 is 14.7 Å². The number of aliphatic hydroxyl groups is 1. The molecule has 2 unspecified atom stereocenters. The van der Waals surface area contributed by atoms with Gasteiger partial charge in [-0.3, -0.25) is 4.90 Å². The Morgan fingerprint density at radius 1 is 0.431 bits per heavy atom. The van der Waals surface area contributed by atoms with Crippen molar-refractivity contribution in [1.82, 2.24) is 9.80 Å². The first kappa shape index (κ1) is 62.7. The zero-order valence-electron chi connectivity index (χ0n) is 48.0. The van der Waals surface area contributed by atoms with Crippen molar-refractivity contribution in [3.05, 3.63) is 47.2 Å². The number of carbonyl (C=O) groups excluding carboxylic acids is 1. The number of carbonyl (C=O) groups is 1. The Morgan fingerprint density at radius 3 is 1.07 bits per heavy atom. The molecule has 1 aromatic rings. The van der Waals surface area contributed by atoms with Crippen LogP contribution in [0.5, 0.6) is 0 Å². The van der Waals surface area contributed by atoms with Crippen molar-refractivity contribution in [3.8, 4) is 0 Å². The van der Waals surface area contributed by atoms with Crippen molar-refractivity contribution in [2.75, 3.05) is 32.8 Å². The van der Waals surface area contributed by atoms with Gasteiger partial charge in [0.2, 0.25) is 0 Å². The smallest absolute Gasteiger partial charge is 0.335 e. The number of likely N-dealkylation sites (tertiary alicyclic amines) is 1. The number of aliphatic hydroxyl groups excluding tert-OH is 1. The Labute approximate surface area is 448 Å². The van der Waals surface area contributed by atoms with Gasteiger partial charge in [0.1, 0.15) is 6.61 Å². The number of benzene rings is 1. The van der Waals surface area contributed by atoms with E-state index in [4.69, 9.17) is 4.74 Å². The number of hydrogen-bond acceptors (Lipinski definition) is 5. The molecule has 3 aliphatic rings. The predicted molar refractivity (Wildman–Crippen MR) is 312 cm³/mol. The highest BCUT2D eigenvalue weighted by Gasteiger charge is 2.43. The zero-order valence-corrected chi connectivity index (χ0v) is 48.0. The fourth-order valence-electron chi connectivity index (χ4n) is 12.9. The second-order valence-corrected chi connectivity index (χ2v) is 24.2. The number of ether oxygens (including phenoxy) is 1. The first-order valence-corrected chi connectivity index (χ1v) is 32.6. The number of nitrogens with zero attached hydrogens (tertiary/aromatic N) is 2. The van der Waals surface area contributed by atoms with Crippen LogP contribution in [-0.2, 0) is 16.1 Å². The molecule has 3 heterocycles. The summed E-state index contributed by atoms with van der Waals surface area (Å²) >= 11 is 0. The number of hydrogen-bond donors (Lipinski definition) is 1. The van der Waals surface area contributed by atoms with Crippen LogP contribution in [-0.4, -0.2) is 59.8 Å². The summed E-state index contributed by atoms with van der Waals surface area (Å²) in [4.78, 5) is 17.3. The quantitative estimate of drug-likeness (QED) is 0.306. The molecule has 1 spiro atoms. The molecule has 2 saturated heterocycles. The predicted octanol–water partition coefficient (Wildman–Crippen LogP) is 20.1. The van der Waals surface area contributed by atoms with Crippen molar-refractivity contribution >= 4 is 5.97 Å². The Hall–Kier alpha value is -1.85. The van der Waals surface area contributed by atoms with Crippen LogP contribution >= 0.6 is 0 Å². The molecular formula is C67H120N2O3. The van der Waals surface area contributed by atoms with E-state index < -0.39 is 6.10 Å². The molecule has 4 rings (SSSR count). The van der Waals surface area contributed by atoms with Gasteiger partial charge in [-0.1, -0.05) is 319 Å². The van der Waals surface area contributed by atoms with E-state index in [0.717, 1.165) is 56.7 Å². The summed E-state index contributed by atoms with van der Waals surface area (Å²) in [5.74, 6) is -0.195. The summed E-state index contributed by atoms with van der Waals surface area (Å²) in [6.45, 7) is 6.93. The lowest BCUT2D eigenvalue weighted by Crippen LogP contribution is -2.52. The Balaban J connectivity index is 1.17. The van der Waals surface area contributed by atoms with E-state index in [1.54, 1.807) is 0 Å². The van der Waals surface area contributed by atoms with Crippen LogP contribution in [0.1, 0.15) is 327 Å². The van der Waals surface area contributed by atoms with Crippen LogP contribution in [0, 0.1) is 5.41 Å². The van der Waals surface area contributed by atoms with E-state index in [-0.39, 0.29) is 11.4 Å². The molecule has 0 aliphatic carbocycles. The summed E-state index contributed by atoms with van der Waals surface area (Å²) in [5.41, 5.74) is 3.04. The molecule has 0 aromatic heterocycles. The van der Waals surface area contributed by atoms with Crippen LogP contribution in [0.15, 0.2) is 41.6 Å². The van der Waals surface area contributed by atoms with Gasteiger partial charge in [-0.2, -0.15) is 0 Å². The number of piperidine rings is 1. The molecule has 72 heavy (non-hydrogen) atoms. The monoisotopic (exact) mass is 1000 g/mol. The summed E-state index contributed by atoms with van der Waals surface area (Å²) in [6.07, 6.45) is 68.6. The first-order chi connectivity index (χ1) is 35.6. The summed E-state index contributed by atoms with van der Waals surface area (Å²) in [6, 6.07) is 11.1. The van der Waals surface area contributed by atoms with Gasteiger partial charge >= 0.3 is 5.97 Å². The largest absolute Gasteiger partial charge is 0.456 e. The summed E-state index contributed by atoms with van der Waals surface area (Å²) in [7, 11) is 0. The third-order valence-corrected chi connectivity index (χ3v) is 18.0. The number of esters is 1. The van der Waals surface area contributed by atoms with E-state index in [0.29, 0.717) is 13.2 Å². The molecule has 1 aromatic carbocycles. The maximum atomic E-state index is 12.3. The molecular weight excluding hydrogens is 881 g/mol. The first-order valence-electron chi connectivity index (χ1n) is 32.6. The molecule has 0 bridgehead atoms. The normalized spacial score (nSPS) is 26.2. The maximum Gasteiger partial charge on any atom is 0.335 e. The minimum absolute atomic E-state index is 0.0784. The van der Waals surface area contributed by atoms with Crippen molar-refractivity contribution in [2.24, 2.45) is 5.41 Å². The van der Waals surface area contributed by atoms with Crippen LogP contribution in [0.3, 0.4) is 0 Å². The fourth-order valence-corrected chi connectivity index (χ4v) is 12.9. The summed E-state index contributed by atoms with van der Waals surface area (Å²) < 4.78 is 5.41. The van der Waals surface area contributed by atoms with Gasteiger partial charge in [0.25, 0.3) is 0 Å². The maximum absolute atomic E-state index is 12.3. The Kier molecular flexibility index (Phi) is 37.7. The van der Waals surface area contributed by atoms with E-state index >= 15 is 0 Å². The highest BCUT2D eigenvalue weighted by Crippen LogP contribution is 2.42. The molecule has 416 valence electrons. The molecule has 0 saturated carbocycles. The lowest BCUT2D eigenvalue weighted by Gasteiger charge is -2.47. The lowest BCUT2D eigenvalue weighted by atomic mass is 9.69. The zero-order chi connectivity index (χ0) is 50.7. The molecule has 5 heteroatoms. The third-order valence-electron chi connectivity index (χ3n) is 18.0. The standard InChI is InChI=1S/C67H120N2O3/c1-62-64(61-72-66(62)71)69-58-55-67(65(70)60-69)53-49-44-42-40-38-36-34-32-30-28-26-24-22-20-18-16-14-12-10-8-6-4-2-3-5-7-9-11-13-15-17-19-21-23-25-27-29-31-33-35-37-39-41-43-45-50-56-68(57-54-67)59-63-51-47-46-48-52-63/h46-48,51-52,65,70H,2-45,49-50,53-61H2,1H3. The van der Waals surface area contributed by atoms with Crippen LogP contribution in [0.25, 0.3) is 0 Å². The summed E-state index contributed by atoms with van der Waals surface area (Å²) in [5, 5.41) is 12.1. The van der Waals surface area contributed by atoms with Gasteiger partial charge in [-0.15, -0.1) is 0 Å². The second kappa shape index (κ2) is 43.3. The highest BCUT2D eigenvalue weighted by molar-refractivity contribution is 5.90. The van der Waals surface area contributed by atoms with Crippen LogP contribution < -0.4 is 0 Å². The molecule has 5 nitrogen and oxygen atoms in total. The molecule has 1 N–H and O–H groups in total. The lowest BCUT2D eigenvalue weighted by molar-refractivity contribution is -0.136. The molecule has 3 aliphatic heterocycles. The molecule has 2 fully saturated rings. The van der Waals surface area contributed by atoms with E-state index in [2.05, 4.69) is 40.1 Å². The van der Waals surface area contributed by atoms with Gasteiger partial charge in [-0.25, -0.2) is 4.79 Å². The van der Waals surface area contributed by atoms with Crippen molar-refractivity contribution in [3.63, 3.8) is 0 Å². The fraction of sp³-hybridized carbons (Fsp3) is 0.866. The van der Waals surface area contributed by atoms with Gasteiger partial charge in [-0.05, 0) is 51.3 Å².